The lowest BCUT2D eigenvalue weighted by atomic mass is 10.0. The first-order valence-corrected chi connectivity index (χ1v) is 9.43. The minimum absolute atomic E-state index is 0.317. The van der Waals surface area contributed by atoms with Crippen molar-refractivity contribution in [3.05, 3.63) is 77.6 Å². The number of ether oxygens (including phenoxy) is 1. The second-order valence-corrected chi connectivity index (χ2v) is 6.82. The van der Waals surface area contributed by atoms with Crippen molar-refractivity contribution in [2.75, 3.05) is 7.11 Å². The summed E-state index contributed by atoms with van der Waals surface area (Å²) in [6.45, 7) is 1.89. The van der Waals surface area contributed by atoms with E-state index in [9.17, 15) is 4.79 Å². The smallest absolute Gasteiger partial charge is 0.272 e. The maximum absolute atomic E-state index is 13.0. The van der Waals surface area contributed by atoms with Gasteiger partial charge < -0.3 is 4.74 Å². The van der Waals surface area contributed by atoms with Gasteiger partial charge in [0.05, 0.1) is 35.8 Å². The molecule has 0 atom stereocenters. The molecule has 150 valence electrons. The number of carbonyl (C=O) groups is 1. The summed E-state index contributed by atoms with van der Waals surface area (Å²) >= 11 is 0. The van der Waals surface area contributed by atoms with Crippen LogP contribution in [0.4, 0.5) is 0 Å². The number of aryl methyl sites for hydroxylation is 2. The average molecular weight is 399 g/mol. The van der Waals surface area contributed by atoms with Gasteiger partial charge in [0.15, 0.2) is 0 Å². The first-order valence-electron chi connectivity index (χ1n) is 9.43. The Balaban J connectivity index is 1.72. The molecule has 7 heteroatoms. The number of nitrogens with zero attached hydrogens (tertiary/aromatic N) is 4. The zero-order valence-electron chi connectivity index (χ0n) is 17.0. The number of methoxy groups -OCH3 is 1. The lowest BCUT2D eigenvalue weighted by Gasteiger charge is -2.11. The van der Waals surface area contributed by atoms with Gasteiger partial charge in [-0.3, -0.25) is 9.48 Å². The monoisotopic (exact) mass is 399 g/mol. The average Bonchev–Trinajstić information content (AvgIpc) is 3.09. The van der Waals surface area contributed by atoms with Crippen molar-refractivity contribution in [2.45, 2.75) is 6.92 Å². The molecule has 0 aliphatic heterocycles. The van der Waals surface area contributed by atoms with Gasteiger partial charge in [-0.1, -0.05) is 30.3 Å². The van der Waals surface area contributed by atoms with Crippen LogP contribution in [0.25, 0.3) is 22.2 Å². The van der Waals surface area contributed by atoms with Gasteiger partial charge in [-0.05, 0) is 31.2 Å². The van der Waals surface area contributed by atoms with E-state index in [1.165, 1.54) is 0 Å². The van der Waals surface area contributed by atoms with Crippen molar-refractivity contribution in [1.82, 2.24) is 20.2 Å². The third-order valence-electron chi connectivity index (χ3n) is 4.76. The van der Waals surface area contributed by atoms with Gasteiger partial charge in [0.2, 0.25) is 0 Å². The molecule has 2 aromatic heterocycles. The first kappa shape index (κ1) is 19.3. The van der Waals surface area contributed by atoms with Crippen LogP contribution < -0.4 is 10.2 Å². The number of benzene rings is 2. The molecule has 2 aromatic carbocycles. The fourth-order valence-corrected chi connectivity index (χ4v) is 3.32. The molecule has 0 aliphatic carbocycles. The maximum atomic E-state index is 13.0. The number of hydrogen-bond acceptors (Lipinski definition) is 5. The lowest BCUT2D eigenvalue weighted by molar-refractivity contribution is 0.0956. The van der Waals surface area contributed by atoms with Crippen LogP contribution in [0.1, 0.15) is 21.6 Å². The molecular weight excluding hydrogens is 378 g/mol. The van der Waals surface area contributed by atoms with Crippen LogP contribution in [-0.2, 0) is 7.05 Å². The van der Waals surface area contributed by atoms with Crippen LogP contribution in [0.2, 0.25) is 0 Å². The summed E-state index contributed by atoms with van der Waals surface area (Å²) in [4.78, 5) is 17.7. The molecule has 4 rings (SSSR count). The van der Waals surface area contributed by atoms with E-state index >= 15 is 0 Å². The van der Waals surface area contributed by atoms with Crippen LogP contribution in [0.3, 0.4) is 0 Å². The van der Waals surface area contributed by atoms with E-state index in [2.05, 4.69) is 15.6 Å². The van der Waals surface area contributed by atoms with Crippen LogP contribution in [0, 0.1) is 6.92 Å². The molecule has 0 unspecified atom stereocenters. The number of hydrogen-bond donors (Lipinski definition) is 1. The Labute approximate surface area is 174 Å². The number of hydrazone groups is 1. The molecule has 0 saturated heterocycles. The zero-order valence-corrected chi connectivity index (χ0v) is 17.0. The Morgan fingerprint density at radius 3 is 2.70 bits per heavy atom. The van der Waals surface area contributed by atoms with Gasteiger partial charge in [0.25, 0.3) is 5.91 Å². The van der Waals surface area contributed by atoms with E-state index in [0.717, 1.165) is 27.7 Å². The number of aromatic nitrogens is 3. The summed E-state index contributed by atoms with van der Waals surface area (Å²) < 4.78 is 7.17. The van der Waals surface area contributed by atoms with Crippen molar-refractivity contribution in [3.63, 3.8) is 0 Å². The summed E-state index contributed by atoms with van der Waals surface area (Å²) in [5.74, 6) is 0.374. The summed E-state index contributed by atoms with van der Waals surface area (Å²) in [6.07, 6.45) is 3.43. The third kappa shape index (κ3) is 3.77. The van der Waals surface area contributed by atoms with Gasteiger partial charge in [0.1, 0.15) is 5.75 Å². The molecule has 1 amide bonds. The second-order valence-electron chi connectivity index (χ2n) is 6.82. The molecule has 0 fully saturated rings. The molecule has 0 spiro atoms. The van der Waals surface area contributed by atoms with E-state index in [1.807, 2.05) is 68.7 Å². The summed E-state index contributed by atoms with van der Waals surface area (Å²) in [5.41, 5.74) is 6.97. The molecule has 0 bridgehead atoms. The number of fused-ring (bicyclic) bond motifs is 1. The van der Waals surface area contributed by atoms with Crippen LogP contribution in [0.5, 0.6) is 5.75 Å². The Kier molecular flexibility index (Phi) is 5.26. The van der Waals surface area contributed by atoms with Gasteiger partial charge in [-0.25, -0.2) is 10.4 Å². The largest absolute Gasteiger partial charge is 0.496 e. The molecule has 0 saturated carbocycles. The summed E-state index contributed by atoms with van der Waals surface area (Å²) in [5, 5.41) is 9.13. The highest BCUT2D eigenvalue weighted by molar-refractivity contribution is 6.07. The number of pyridine rings is 1. The molecule has 1 N–H and O–H groups in total. The SMILES string of the molecule is COc1ccccc1-c1cc(C(=O)N/N=C\c2cn(C)nc2C)c2ccccc2n1. The van der Waals surface area contributed by atoms with Gasteiger partial charge in [-0.15, -0.1) is 0 Å². The number of rotatable bonds is 5. The quantitative estimate of drug-likeness (QED) is 0.410. The minimum atomic E-state index is -0.317. The Morgan fingerprint density at radius 1 is 1.17 bits per heavy atom. The molecular formula is C23H21N5O2. The van der Waals surface area contributed by atoms with Crippen molar-refractivity contribution in [1.29, 1.82) is 0 Å². The summed E-state index contributed by atoms with van der Waals surface area (Å²) in [6, 6.07) is 16.9. The van der Waals surface area contributed by atoms with Gasteiger partial charge in [-0.2, -0.15) is 10.2 Å². The predicted octanol–water partition coefficient (Wildman–Crippen LogP) is 3.72. The third-order valence-corrected chi connectivity index (χ3v) is 4.76. The summed E-state index contributed by atoms with van der Waals surface area (Å²) in [7, 11) is 3.45. The van der Waals surface area contributed by atoms with E-state index in [1.54, 1.807) is 24.1 Å². The maximum Gasteiger partial charge on any atom is 0.272 e. The lowest BCUT2D eigenvalue weighted by Crippen LogP contribution is -2.18. The standard InChI is InChI=1S/C23H21N5O2/c1-15-16(14-28(2)27-15)13-24-26-23(29)19-12-21(18-9-5-7-11-22(18)30-3)25-20-10-6-4-8-17(19)20/h4-14H,1-3H3,(H,26,29)/b24-13-. The van der Waals surface area contributed by atoms with Crippen molar-refractivity contribution in [2.24, 2.45) is 12.1 Å². The highest BCUT2D eigenvalue weighted by Crippen LogP contribution is 2.31. The van der Waals surface area contributed by atoms with Crippen molar-refractivity contribution >= 4 is 23.0 Å². The van der Waals surface area contributed by atoms with E-state index in [0.29, 0.717) is 17.0 Å². The second kappa shape index (κ2) is 8.16. The predicted molar refractivity (Wildman–Crippen MR) is 117 cm³/mol. The van der Waals surface area contributed by atoms with Crippen LogP contribution in [-0.4, -0.2) is 34.0 Å². The fraction of sp³-hybridized carbons (Fsp3) is 0.130. The number of amides is 1. The highest BCUT2D eigenvalue weighted by Gasteiger charge is 2.15. The molecule has 0 radical (unpaired) electrons. The number of carbonyl (C=O) groups excluding carboxylic acids is 1. The van der Waals surface area contributed by atoms with Crippen molar-refractivity contribution < 1.29 is 9.53 Å². The highest BCUT2D eigenvalue weighted by atomic mass is 16.5. The number of nitrogens with one attached hydrogen (secondary N) is 1. The Hall–Kier alpha value is -4.00. The minimum Gasteiger partial charge on any atom is -0.496 e. The van der Waals surface area contributed by atoms with E-state index in [4.69, 9.17) is 9.72 Å². The molecule has 30 heavy (non-hydrogen) atoms. The number of para-hydroxylation sites is 2. The van der Waals surface area contributed by atoms with Crippen LogP contribution in [0.15, 0.2) is 65.9 Å². The van der Waals surface area contributed by atoms with Crippen molar-refractivity contribution in [3.8, 4) is 17.0 Å². The van der Waals surface area contributed by atoms with E-state index < -0.39 is 0 Å². The molecule has 0 aliphatic rings. The van der Waals surface area contributed by atoms with Crippen LogP contribution >= 0.6 is 0 Å². The normalized spacial score (nSPS) is 11.2. The molecule has 4 aromatic rings. The first-order chi connectivity index (χ1) is 14.6. The van der Waals surface area contributed by atoms with Gasteiger partial charge >= 0.3 is 0 Å². The van der Waals surface area contributed by atoms with E-state index in [-0.39, 0.29) is 5.91 Å². The Bertz CT molecular complexity index is 1260. The topological polar surface area (TPSA) is 81.4 Å². The Morgan fingerprint density at radius 2 is 1.93 bits per heavy atom. The molecule has 7 nitrogen and oxygen atoms in total. The fourth-order valence-electron chi connectivity index (χ4n) is 3.32. The van der Waals surface area contributed by atoms with Gasteiger partial charge in [0, 0.05) is 29.8 Å². The zero-order chi connectivity index (χ0) is 21.1. The molecule has 2 heterocycles.